The number of halogens is 3. The minimum atomic E-state index is -4.85. The Kier molecular flexibility index (Phi) is 5.18. The second-order valence-electron chi connectivity index (χ2n) is 6.56. The maximum absolute atomic E-state index is 12.9. The number of hydrogen-bond donors (Lipinski definition) is 1. The lowest BCUT2D eigenvalue weighted by Crippen LogP contribution is -2.21. The standard InChI is InChI=1S/C19H19F3N4O3/c1-27-12-6-7-14(16(10-12)29-19(20,21)22)17-15-5-2-8-26(15)18(25-24-17)23-11-13-4-3-9-28-13/h2,5-8,10,13H,3-4,9,11H2,1H3,(H,23,25)/t13-/m0/s1. The molecule has 0 unspecified atom stereocenters. The number of ether oxygens (including phenoxy) is 3. The van der Waals surface area contributed by atoms with Gasteiger partial charge in [-0.2, -0.15) is 0 Å². The van der Waals surface area contributed by atoms with Gasteiger partial charge < -0.3 is 19.5 Å². The number of rotatable bonds is 6. The van der Waals surface area contributed by atoms with E-state index in [1.807, 2.05) is 0 Å². The van der Waals surface area contributed by atoms with E-state index in [4.69, 9.17) is 9.47 Å². The zero-order chi connectivity index (χ0) is 20.4. The zero-order valence-electron chi connectivity index (χ0n) is 15.6. The van der Waals surface area contributed by atoms with Gasteiger partial charge in [-0.15, -0.1) is 23.4 Å². The fraction of sp³-hybridized carbons (Fsp3) is 0.368. The normalized spacial score (nSPS) is 16.9. The third-order valence-corrected chi connectivity index (χ3v) is 4.65. The summed E-state index contributed by atoms with van der Waals surface area (Å²) in [5.74, 6) is 0.313. The van der Waals surface area contributed by atoms with Gasteiger partial charge in [0.15, 0.2) is 0 Å². The number of aromatic nitrogens is 3. The Hall–Kier alpha value is -3.01. The van der Waals surface area contributed by atoms with Crippen LogP contribution in [0.4, 0.5) is 19.1 Å². The van der Waals surface area contributed by atoms with E-state index in [0.717, 1.165) is 19.4 Å². The van der Waals surface area contributed by atoms with E-state index in [1.165, 1.54) is 19.2 Å². The molecule has 0 spiro atoms. The average molecular weight is 408 g/mol. The van der Waals surface area contributed by atoms with Crippen LogP contribution in [0.2, 0.25) is 0 Å². The molecule has 10 heteroatoms. The van der Waals surface area contributed by atoms with Gasteiger partial charge in [0.05, 0.1) is 18.7 Å². The Bertz CT molecular complexity index is 1000. The second-order valence-corrected chi connectivity index (χ2v) is 6.56. The van der Waals surface area contributed by atoms with Crippen LogP contribution in [0.5, 0.6) is 11.5 Å². The first-order chi connectivity index (χ1) is 13.9. The van der Waals surface area contributed by atoms with Gasteiger partial charge in [-0.05, 0) is 37.1 Å². The minimum absolute atomic E-state index is 0.107. The number of benzene rings is 1. The fourth-order valence-corrected chi connectivity index (χ4v) is 3.31. The summed E-state index contributed by atoms with van der Waals surface area (Å²) in [5, 5.41) is 11.6. The number of nitrogens with one attached hydrogen (secondary N) is 1. The molecular formula is C19H19F3N4O3. The smallest absolute Gasteiger partial charge is 0.497 e. The van der Waals surface area contributed by atoms with Gasteiger partial charge in [0, 0.05) is 31.0 Å². The first-order valence-electron chi connectivity index (χ1n) is 9.08. The third kappa shape index (κ3) is 4.21. The van der Waals surface area contributed by atoms with Crippen LogP contribution in [0, 0.1) is 0 Å². The molecule has 0 bridgehead atoms. The van der Waals surface area contributed by atoms with Crippen molar-refractivity contribution in [2.75, 3.05) is 25.6 Å². The quantitative estimate of drug-likeness (QED) is 0.667. The molecule has 1 aromatic carbocycles. The first-order valence-corrected chi connectivity index (χ1v) is 9.08. The van der Waals surface area contributed by atoms with Crippen LogP contribution in [0.15, 0.2) is 36.5 Å². The Balaban J connectivity index is 1.71. The molecule has 1 fully saturated rings. The number of hydrogen-bond acceptors (Lipinski definition) is 6. The van der Waals surface area contributed by atoms with E-state index in [2.05, 4.69) is 20.3 Å². The number of fused-ring (bicyclic) bond motifs is 1. The molecule has 3 heterocycles. The van der Waals surface area contributed by atoms with Crippen molar-refractivity contribution in [3.8, 4) is 22.8 Å². The third-order valence-electron chi connectivity index (χ3n) is 4.65. The molecule has 1 aliphatic rings. The van der Waals surface area contributed by atoms with Gasteiger partial charge in [-0.25, -0.2) is 0 Å². The molecule has 1 N–H and O–H groups in total. The van der Waals surface area contributed by atoms with Crippen molar-refractivity contribution in [3.05, 3.63) is 36.5 Å². The van der Waals surface area contributed by atoms with Crippen LogP contribution >= 0.6 is 0 Å². The Morgan fingerprint density at radius 1 is 1.28 bits per heavy atom. The number of alkyl halides is 3. The highest BCUT2D eigenvalue weighted by Gasteiger charge is 2.33. The van der Waals surface area contributed by atoms with Crippen molar-refractivity contribution in [1.29, 1.82) is 0 Å². The molecule has 4 rings (SSSR count). The van der Waals surface area contributed by atoms with Crippen LogP contribution in [0.1, 0.15) is 12.8 Å². The lowest BCUT2D eigenvalue weighted by Gasteiger charge is -2.16. The lowest BCUT2D eigenvalue weighted by atomic mass is 10.1. The molecule has 3 aromatic rings. The molecule has 0 saturated carbocycles. The van der Waals surface area contributed by atoms with Crippen molar-refractivity contribution in [2.45, 2.75) is 25.3 Å². The Morgan fingerprint density at radius 2 is 2.14 bits per heavy atom. The Labute approximate surface area is 164 Å². The molecule has 7 nitrogen and oxygen atoms in total. The van der Waals surface area contributed by atoms with E-state index in [-0.39, 0.29) is 23.1 Å². The highest BCUT2D eigenvalue weighted by molar-refractivity contribution is 5.81. The highest BCUT2D eigenvalue weighted by atomic mass is 19.4. The van der Waals surface area contributed by atoms with E-state index in [9.17, 15) is 13.2 Å². The molecule has 1 saturated heterocycles. The number of methoxy groups -OCH3 is 1. The van der Waals surface area contributed by atoms with Crippen molar-refractivity contribution >= 4 is 11.5 Å². The van der Waals surface area contributed by atoms with E-state index in [1.54, 1.807) is 28.8 Å². The Morgan fingerprint density at radius 3 is 2.86 bits per heavy atom. The number of anilines is 1. The molecule has 0 aliphatic carbocycles. The summed E-state index contributed by atoms with van der Waals surface area (Å²) in [6.07, 6.45) is -0.989. The monoisotopic (exact) mass is 408 g/mol. The lowest BCUT2D eigenvalue weighted by molar-refractivity contribution is -0.274. The predicted octanol–water partition coefficient (Wildman–Crippen LogP) is 3.89. The van der Waals surface area contributed by atoms with Gasteiger partial charge in [0.1, 0.15) is 17.2 Å². The van der Waals surface area contributed by atoms with Crippen LogP contribution in [-0.2, 0) is 4.74 Å². The predicted molar refractivity (Wildman–Crippen MR) is 99.1 cm³/mol. The number of nitrogens with zero attached hydrogens (tertiary/aromatic N) is 3. The summed E-state index contributed by atoms with van der Waals surface area (Å²) < 4.78 is 55.3. The van der Waals surface area contributed by atoms with Crippen molar-refractivity contribution in [3.63, 3.8) is 0 Å². The largest absolute Gasteiger partial charge is 0.573 e. The van der Waals surface area contributed by atoms with E-state index >= 15 is 0 Å². The summed E-state index contributed by atoms with van der Waals surface area (Å²) in [6.45, 7) is 1.32. The van der Waals surface area contributed by atoms with Gasteiger partial charge in [-0.3, -0.25) is 4.40 Å². The van der Waals surface area contributed by atoms with Gasteiger partial charge in [0.25, 0.3) is 0 Å². The minimum Gasteiger partial charge on any atom is -0.497 e. The van der Waals surface area contributed by atoms with Crippen LogP contribution in [0.25, 0.3) is 16.8 Å². The van der Waals surface area contributed by atoms with Crippen molar-refractivity contribution in [1.82, 2.24) is 14.6 Å². The summed E-state index contributed by atoms with van der Waals surface area (Å²) >= 11 is 0. The maximum Gasteiger partial charge on any atom is 0.573 e. The summed E-state index contributed by atoms with van der Waals surface area (Å²) in [7, 11) is 1.37. The van der Waals surface area contributed by atoms with Gasteiger partial charge in [-0.1, -0.05) is 0 Å². The molecule has 1 aliphatic heterocycles. The summed E-state index contributed by atoms with van der Waals surface area (Å²) in [6, 6.07) is 7.71. The van der Waals surface area contributed by atoms with Gasteiger partial charge in [0.2, 0.25) is 5.95 Å². The van der Waals surface area contributed by atoms with Crippen LogP contribution in [-0.4, -0.2) is 47.3 Å². The van der Waals surface area contributed by atoms with Crippen molar-refractivity contribution < 1.29 is 27.4 Å². The average Bonchev–Trinajstić information content (AvgIpc) is 3.37. The topological polar surface area (TPSA) is 69.9 Å². The SMILES string of the molecule is COc1ccc(-c2nnc(NC[C@@H]3CCCO3)n3cccc23)c(OC(F)(F)F)c1. The van der Waals surface area contributed by atoms with E-state index < -0.39 is 12.1 Å². The summed E-state index contributed by atoms with van der Waals surface area (Å²) in [4.78, 5) is 0. The molecular weight excluding hydrogens is 389 g/mol. The molecule has 154 valence electrons. The maximum atomic E-state index is 12.9. The molecule has 2 aromatic heterocycles. The summed E-state index contributed by atoms with van der Waals surface area (Å²) in [5.41, 5.74) is 1.01. The zero-order valence-corrected chi connectivity index (χ0v) is 15.6. The highest BCUT2D eigenvalue weighted by Crippen LogP contribution is 2.37. The molecule has 0 amide bonds. The first kappa shape index (κ1) is 19.3. The fourth-order valence-electron chi connectivity index (χ4n) is 3.31. The second kappa shape index (κ2) is 7.78. The van der Waals surface area contributed by atoms with Gasteiger partial charge >= 0.3 is 6.36 Å². The van der Waals surface area contributed by atoms with Crippen LogP contribution in [0.3, 0.4) is 0 Å². The molecule has 1 atom stereocenters. The van der Waals surface area contributed by atoms with Crippen LogP contribution < -0.4 is 14.8 Å². The molecule has 0 radical (unpaired) electrons. The van der Waals surface area contributed by atoms with Crippen molar-refractivity contribution in [2.24, 2.45) is 0 Å². The molecule has 29 heavy (non-hydrogen) atoms. The van der Waals surface area contributed by atoms with E-state index in [0.29, 0.717) is 18.0 Å².